The average Bonchev–Trinajstić information content (AvgIpc) is 3.32. The molecule has 0 aromatic carbocycles. The van der Waals surface area contributed by atoms with Crippen LogP contribution in [0.3, 0.4) is 0 Å². The topological polar surface area (TPSA) is 55.8 Å². The van der Waals surface area contributed by atoms with E-state index in [1.807, 2.05) is 13.8 Å². The first kappa shape index (κ1) is 27.0. The van der Waals surface area contributed by atoms with Crippen LogP contribution in [0.4, 0.5) is 0 Å². The van der Waals surface area contributed by atoms with Crippen LogP contribution in [0.15, 0.2) is 0 Å². The van der Waals surface area contributed by atoms with E-state index in [9.17, 15) is 9.90 Å². The van der Waals surface area contributed by atoms with Crippen LogP contribution >= 0.6 is 0 Å². The van der Waals surface area contributed by atoms with Crippen molar-refractivity contribution in [2.45, 2.75) is 150 Å². The Morgan fingerprint density at radius 2 is 1.47 bits per heavy atom. The van der Waals surface area contributed by atoms with E-state index < -0.39 is 5.60 Å². The molecule has 0 amide bonds. The molecule has 0 spiro atoms. The van der Waals surface area contributed by atoms with Gasteiger partial charge in [0.15, 0.2) is 0 Å². The van der Waals surface area contributed by atoms with Gasteiger partial charge in [0.05, 0.1) is 17.3 Å². The third kappa shape index (κ3) is 3.62. The first-order valence-electron chi connectivity index (χ1n) is 15.1. The summed E-state index contributed by atoms with van der Waals surface area (Å²) in [6.07, 6.45) is 11.9. The molecule has 0 aromatic heterocycles. The zero-order chi connectivity index (χ0) is 26.5. The highest BCUT2D eigenvalue weighted by atomic mass is 16.5. The van der Waals surface area contributed by atoms with Crippen molar-refractivity contribution in [1.29, 1.82) is 0 Å². The van der Waals surface area contributed by atoms with Gasteiger partial charge in [-0.25, -0.2) is 0 Å². The van der Waals surface area contributed by atoms with Crippen molar-refractivity contribution in [3.63, 3.8) is 0 Å². The predicted octanol–water partition coefficient (Wildman–Crippen LogP) is 7.31. The number of carbonyl (C=O) groups excluding carboxylic acids is 1. The van der Waals surface area contributed by atoms with Crippen LogP contribution in [0, 0.1) is 45.3 Å². The van der Waals surface area contributed by atoms with Gasteiger partial charge in [-0.2, -0.15) is 0 Å². The van der Waals surface area contributed by atoms with Gasteiger partial charge in [-0.3, -0.25) is 4.79 Å². The van der Waals surface area contributed by atoms with Crippen LogP contribution in [-0.2, 0) is 14.3 Å². The molecular weight excluding hydrogens is 448 g/mol. The Morgan fingerprint density at radius 3 is 2.08 bits per heavy atom. The zero-order valence-corrected chi connectivity index (χ0v) is 24.7. The van der Waals surface area contributed by atoms with Crippen LogP contribution < -0.4 is 0 Å². The second-order valence-corrected chi connectivity index (χ2v) is 15.9. The Labute approximate surface area is 220 Å². The number of carbonyl (C=O) groups is 1. The van der Waals surface area contributed by atoms with E-state index >= 15 is 0 Å². The number of hydrogen-bond donors (Lipinski definition) is 1. The van der Waals surface area contributed by atoms with Gasteiger partial charge < -0.3 is 14.6 Å². The average molecular weight is 503 g/mol. The molecule has 0 unspecified atom stereocenters. The minimum Gasteiger partial charge on any atom is -0.462 e. The molecule has 206 valence electrons. The Balaban J connectivity index is 1.42. The van der Waals surface area contributed by atoms with Crippen LogP contribution in [0.1, 0.15) is 127 Å². The maximum atomic E-state index is 11.9. The van der Waals surface area contributed by atoms with Gasteiger partial charge in [-0.05, 0) is 125 Å². The minimum absolute atomic E-state index is 0.0211. The van der Waals surface area contributed by atoms with Crippen molar-refractivity contribution in [3.05, 3.63) is 0 Å². The van der Waals surface area contributed by atoms with Crippen molar-refractivity contribution < 1.29 is 19.4 Å². The smallest absolute Gasteiger partial charge is 0.302 e. The van der Waals surface area contributed by atoms with E-state index in [0.29, 0.717) is 34.0 Å². The first-order chi connectivity index (χ1) is 16.5. The zero-order valence-electron chi connectivity index (χ0n) is 24.7. The number of esters is 1. The van der Waals surface area contributed by atoms with Crippen molar-refractivity contribution in [1.82, 2.24) is 0 Å². The molecule has 4 saturated carbocycles. The molecule has 1 N–H and O–H groups in total. The number of aliphatic hydroxyl groups is 1. The van der Waals surface area contributed by atoms with Gasteiger partial charge in [0, 0.05) is 12.3 Å². The number of rotatable bonds is 3. The highest BCUT2D eigenvalue weighted by molar-refractivity contribution is 5.66. The Kier molecular flexibility index (Phi) is 6.14. The van der Waals surface area contributed by atoms with Gasteiger partial charge in [0.1, 0.15) is 6.10 Å². The largest absolute Gasteiger partial charge is 0.462 e. The van der Waals surface area contributed by atoms with Crippen molar-refractivity contribution >= 4 is 5.97 Å². The van der Waals surface area contributed by atoms with Gasteiger partial charge in [0.25, 0.3) is 0 Å². The molecule has 5 aliphatic rings. The summed E-state index contributed by atoms with van der Waals surface area (Å²) in [5, 5.41) is 10.7. The molecule has 0 bridgehead atoms. The molecule has 4 heteroatoms. The van der Waals surface area contributed by atoms with Crippen LogP contribution in [-0.4, -0.2) is 34.5 Å². The molecule has 0 aromatic rings. The number of hydrogen-bond acceptors (Lipinski definition) is 4. The van der Waals surface area contributed by atoms with Crippen molar-refractivity contribution in [3.8, 4) is 0 Å². The van der Waals surface area contributed by atoms with Gasteiger partial charge in [-0.15, -0.1) is 0 Å². The normalized spacial score (nSPS) is 52.3. The lowest BCUT2D eigenvalue weighted by Gasteiger charge is -2.70. The van der Waals surface area contributed by atoms with E-state index in [0.717, 1.165) is 25.2 Å². The Bertz CT molecular complexity index is 889. The molecule has 4 aliphatic carbocycles. The first-order valence-corrected chi connectivity index (χ1v) is 15.1. The quantitative estimate of drug-likeness (QED) is 0.411. The van der Waals surface area contributed by atoms with Crippen LogP contribution in [0.25, 0.3) is 0 Å². The van der Waals surface area contributed by atoms with E-state index in [1.54, 1.807) is 6.92 Å². The highest BCUT2D eigenvalue weighted by Crippen LogP contribution is 2.76. The fraction of sp³-hybridized carbons (Fsp3) is 0.969. The minimum atomic E-state index is -0.770. The van der Waals surface area contributed by atoms with Gasteiger partial charge in [0.2, 0.25) is 0 Å². The lowest BCUT2D eigenvalue weighted by molar-refractivity contribution is -0.231. The number of ether oxygens (including phenoxy) is 2. The highest BCUT2D eigenvalue weighted by Gasteiger charge is 2.70. The summed E-state index contributed by atoms with van der Waals surface area (Å²) in [5.74, 6) is 2.49. The van der Waals surface area contributed by atoms with E-state index in [2.05, 4.69) is 41.5 Å². The lowest BCUT2D eigenvalue weighted by Crippen LogP contribution is -2.64. The second-order valence-electron chi connectivity index (χ2n) is 15.9. The summed E-state index contributed by atoms with van der Waals surface area (Å²) in [5.41, 5.74) is 0.122. The van der Waals surface area contributed by atoms with E-state index in [1.165, 1.54) is 44.9 Å². The summed E-state index contributed by atoms with van der Waals surface area (Å²) in [6.45, 7) is 20.4. The van der Waals surface area contributed by atoms with Crippen LogP contribution in [0.2, 0.25) is 0 Å². The van der Waals surface area contributed by atoms with Crippen molar-refractivity contribution in [2.24, 2.45) is 45.3 Å². The second kappa shape index (κ2) is 8.20. The molecule has 0 radical (unpaired) electrons. The fourth-order valence-electron chi connectivity index (χ4n) is 11.5. The van der Waals surface area contributed by atoms with Gasteiger partial charge >= 0.3 is 5.97 Å². The molecule has 1 aliphatic heterocycles. The molecule has 10 atom stereocenters. The Morgan fingerprint density at radius 1 is 0.806 bits per heavy atom. The molecule has 5 rings (SSSR count). The lowest BCUT2D eigenvalue weighted by atomic mass is 9.35. The summed E-state index contributed by atoms with van der Waals surface area (Å²) in [6, 6.07) is 0. The summed E-state index contributed by atoms with van der Waals surface area (Å²) >= 11 is 0. The third-order valence-corrected chi connectivity index (χ3v) is 13.5. The molecular formula is C32H54O4. The maximum Gasteiger partial charge on any atom is 0.302 e. The summed E-state index contributed by atoms with van der Waals surface area (Å²) in [7, 11) is 0. The molecule has 1 saturated heterocycles. The predicted molar refractivity (Wildman–Crippen MR) is 143 cm³/mol. The molecule has 5 fully saturated rings. The van der Waals surface area contributed by atoms with Crippen molar-refractivity contribution in [2.75, 3.05) is 0 Å². The molecule has 4 nitrogen and oxygen atoms in total. The van der Waals surface area contributed by atoms with Crippen LogP contribution in [0.5, 0.6) is 0 Å². The Hall–Kier alpha value is -0.610. The monoisotopic (exact) mass is 502 g/mol. The van der Waals surface area contributed by atoms with E-state index in [-0.39, 0.29) is 29.2 Å². The SMILES string of the molecule is CC(=O)O[C@H]1CC[C@@]2(C)[C@@H](CC[C@]3(C)[C@H]2CC[C@@H]2[C@@H]([C@@]4(C)CC[C@H](C(C)(C)O)O4)CC[C@]23C)C1(C)C. The van der Waals surface area contributed by atoms with E-state index in [4.69, 9.17) is 9.47 Å². The fourth-order valence-corrected chi connectivity index (χ4v) is 11.5. The summed E-state index contributed by atoms with van der Waals surface area (Å²) < 4.78 is 12.6. The number of fused-ring (bicyclic) bond motifs is 5. The standard InChI is InChI=1S/C32H54O4/c1-20(33)35-25-14-16-29(6)23(27(25,2)3)13-18-31(8)24(29)11-10-21-22(12-17-30(21,31)7)32(9)19-15-26(36-32)28(4,5)34/h21-26,34H,10-19H2,1-9H3/t21-,22+,23+,24+,25+,26-,29+,30-,31-,32-/m1/s1. The molecule has 36 heavy (non-hydrogen) atoms. The van der Waals surface area contributed by atoms with Gasteiger partial charge in [-0.1, -0.05) is 34.6 Å². The maximum absolute atomic E-state index is 11.9. The molecule has 1 heterocycles. The third-order valence-electron chi connectivity index (χ3n) is 13.5. The summed E-state index contributed by atoms with van der Waals surface area (Å²) in [4.78, 5) is 11.9.